The number of anilines is 1. The number of carbonyl (C=O) groups excluding carboxylic acids is 1. The van der Waals surface area contributed by atoms with Crippen LogP contribution in [-0.2, 0) is 0 Å². The molecule has 1 aromatic carbocycles. The number of aromatic nitrogens is 2. The molecule has 106 valence electrons. The molecular weight excluding hydrogens is 278 g/mol. The number of hydrogen-bond acceptors (Lipinski definition) is 5. The second-order valence-corrected chi connectivity index (χ2v) is 4.35. The predicted octanol–water partition coefficient (Wildman–Crippen LogP) is 2.55. The molecule has 0 radical (unpaired) electrons. The van der Waals surface area contributed by atoms with Crippen LogP contribution >= 0.6 is 0 Å². The first kappa shape index (κ1) is 14.9. The number of carbonyl (C=O) groups is 1. The van der Waals surface area contributed by atoms with Gasteiger partial charge in [0.1, 0.15) is 23.4 Å². The molecule has 2 rings (SSSR count). The SMILES string of the molecule is CC(=C(C#N)C#N)c1ccc(NC(=O)c2cnccn2)cc1. The van der Waals surface area contributed by atoms with E-state index in [2.05, 4.69) is 15.3 Å². The number of benzene rings is 1. The van der Waals surface area contributed by atoms with Crippen molar-refractivity contribution in [1.82, 2.24) is 9.97 Å². The maximum atomic E-state index is 11.9. The molecule has 6 heteroatoms. The minimum absolute atomic E-state index is 0.0661. The Bertz CT molecular complexity index is 779. The van der Waals surface area contributed by atoms with Gasteiger partial charge in [0.15, 0.2) is 0 Å². The molecule has 0 saturated carbocycles. The number of hydrogen-bond donors (Lipinski definition) is 1. The lowest BCUT2D eigenvalue weighted by molar-refractivity contribution is 0.102. The van der Waals surface area contributed by atoms with Crippen LogP contribution in [0.15, 0.2) is 48.4 Å². The molecule has 1 heterocycles. The maximum Gasteiger partial charge on any atom is 0.275 e. The summed E-state index contributed by atoms with van der Waals surface area (Å²) in [6.07, 6.45) is 4.31. The Labute approximate surface area is 127 Å². The van der Waals surface area contributed by atoms with Gasteiger partial charge in [0, 0.05) is 18.1 Å². The fraction of sp³-hybridized carbons (Fsp3) is 0.0625. The second kappa shape index (κ2) is 6.78. The Kier molecular flexibility index (Phi) is 4.59. The van der Waals surface area contributed by atoms with Crippen molar-refractivity contribution in [3.05, 3.63) is 59.7 Å². The zero-order valence-electron chi connectivity index (χ0n) is 11.7. The molecule has 22 heavy (non-hydrogen) atoms. The minimum Gasteiger partial charge on any atom is -0.321 e. The number of allylic oxidation sites excluding steroid dienone is 2. The zero-order chi connectivity index (χ0) is 15.9. The van der Waals surface area contributed by atoms with E-state index in [-0.39, 0.29) is 17.2 Å². The van der Waals surface area contributed by atoms with E-state index < -0.39 is 0 Å². The van der Waals surface area contributed by atoms with Gasteiger partial charge in [-0.1, -0.05) is 12.1 Å². The number of nitrogens with zero attached hydrogens (tertiary/aromatic N) is 4. The summed E-state index contributed by atoms with van der Waals surface area (Å²) >= 11 is 0. The van der Waals surface area contributed by atoms with Crippen molar-refractivity contribution >= 4 is 17.2 Å². The number of nitrogens with one attached hydrogen (secondary N) is 1. The Morgan fingerprint density at radius 2 is 1.82 bits per heavy atom. The van der Waals surface area contributed by atoms with E-state index in [1.54, 1.807) is 31.2 Å². The smallest absolute Gasteiger partial charge is 0.275 e. The van der Waals surface area contributed by atoms with Crippen molar-refractivity contribution in [3.8, 4) is 12.1 Å². The first-order valence-corrected chi connectivity index (χ1v) is 6.34. The monoisotopic (exact) mass is 289 g/mol. The number of nitriles is 2. The van der Waals surface area contributed by atoms with Crippen LogP contribution in [0.25, 0.3) is 5.57 Å². The predicted molar refractivity (Wildman–Crippen MR) is 80.2 cm³/mol. The molecular formula is C16H11N5O. The van der Waals surface area contributed by atoms with Gasteiger partial charge in [0.2, 0.25) is 0 Å². The third kappa shape index (κ3) is 3.33. The van der Waals surface area contributed by atoms with Gasteiger partial charge in [-0.15, -0.1) is 0 Å². The van der Waals surface area contributed by atoms with E-state index in [1.165, 1.54) is 18.6 Å². The Morgan fingerprint density at radius 3 is 2.36 bits per heavy atom. The highest BCUT2D eigenvalue weighted by molar-refractivity contribution is 6.02. The molecule has 0 atom stereocenters. The van der Waals surface area contributed by atoms with Crippen LogP contribution in [0, 0.1) is 22.7 Å². The maximum absolute atomic E-state index is 11.9. The number of amides is 1. The van der Waals surface area contributed by atoms with E-state index in [0.717, 1.165) is 5.56 Å². The quantitative estimate of drug-likeness (QED) is 0.875. The zero-order valence-corrected chi connectivity index (χ0v) is 11.7. The first-order chi connectivity index (χ1) is 10.7. The minimum atomic E-state index is -0.358. The van der Waals surface area contributed by atoms with Crippen molar-refractivity contribution in [2.45, 2.75) is 6.92 Å². The molecule has 1 aromatic heterocycles. The van der Waals surface area contributed by atoms with Crippen molar-refractivity contribution < 1.29 is 4.79 Å². The van der Waals surface area contributed by atoms with E-state index in [0.29, 0.717) is 11.3 Å². The van der Waals surface area contributed by atoms with Crippen molar-refractivity contribution in [2.75, 3.05) is 5.32 Å². The van der Waals surface area contributed by atoms with Gasteiger partial charge in [-0.25, -0.2) is 4.98 Å². The third-order valence-electron chi connectivity index (χ3n) is 2.97. The summed E-state index contributed by atoms with van der Waals surface area (Å²) in [5.41, 5.74) is 2.21. The molecule has 0 saturated heterocycles. The van der Waals surface area contributed by atoms with E-state index >= 15 is 0 Å². The molecule has 0 fully saturated rings. The molecule has 0 bridgehead atoms. The lowest BCUT2D eigenvalue weighted by Gasteiger charge is -2.06. The van der Waals surface area contributed by atoms with Crippen LogP contribution < -0.4 is 5.32 Å². The largest absolute Gasteiger partial charge is 0.321 e. The van der Waals surface area contributed by atoms with Gasteiger partial charge in [0.05, 0.1) is 6.20 Å². The summed E-state index contributed by atoms with van der Waals surface area (Å²) in [5, 5.41) is 20.4. The molecule has 0 aliphatic carbocycles. The second-order valence-electron chi connectivity index (χ2n) is 4.35. The molecule has 0 aliphatic rings. The van der Waals surface area contributed by atoms with Gasteiger partial charge in [-0.2, -0.15) is 10.5 Å². The fourth-order valence-electron chi connectivity index (χ4n) is 1.75. The molecule has 1 amide bonds. The highest BCUT2D eigenvalue weighted by Gasteiger charge is 2.08. The first-order valence-electron chi connectivity index (χ1n) is 6.34. The van der Waals surface area contributed by atoms with Crippen LogP contribution in [-0.4, -0.2) is 15.9 Å². The third-order valence-corrected chi connectivity index (χ3v) is 2.97. The Balaban J connectivity index is 2.17. The van der Waals surface area contributed by atoms with Crippen LogP contribution in [0.1, 0.15) is 23.0 Å². The lowest BCUT2D eigenvalue weighted by atomic mass is 10.0. The lowest BCUT2D eigenvalue weighted by Crippen LogP contribution is -2.13. The average Bonchev–Trinajstić information content (AvgIpc) is 2.57. The summed E-state index contributed by atoms with van der Waals surface area (Å²) in [7, 11) is 0. The topological polar surface area (TPSA) is 102 Å². The molecule has 1 N–H and O–H groups in total. The van der Waals surface area contributed by atoms with Crippen molar-refractivity contribution in [2.24, 2.45) is 0 Å². The van der Waals surface area contributed by atoms with E-state index in [4.69, 9.17) is 10.5 Å². The van der Waals surface area contributed by atoms with Crippen molar-refractivity contribution in [3.63, 3.8) is 0 Å². The molecule has 0 unspecified atom stereocenters. The normalized spacial score (nSPS) is 9.23. The van der Waals surface area contributed by atoms with Crippen LogP contribution in [0.5, 0.6) is 0 Å². The Morgan fingerprint density at radius 1 is 1.14 bits per heavy atom. The van der Waals surface area contributed by atoms with Crippen LogP contribution in [0.2, 0.25) is 0 Å². The Hall–Kier alpha value is -3.51. The van der Waals surface area contributed by atoms with Gasteiger partial charge < -0.3 is 5.32 Å². The summed E-state index contributed by atoms with van der Waals surface area (Å²) in [6.45, 7) is 1.70. The molecule has 2 aromatic rings. The van der Waals surface area contributed by atoms with E-state index in [1.807, 2.05) is 12.1 Å². The molecule has 0 aliphatic heterocycles. The van der Waals surface area contributed by atoms with Gasteiger partial charge in [-0.05, 0) is 30.2 Å². The highest BCUT2D eigenvalue weighted by atomic mass is 16.1. The van der Waals surface area contributed by atoms with Crippen molar-refractivity contribution in [1.29, 1.82) is 10.5 Å². The molecule has 6 nitrogen and oxygen atoms in total. The van der Waals surface area contributed by atoms with E-state index in [9.17, 15) is 4.79 Å². The summed E-state index contributed by atoms with van der Waals surface area (Å²) < 4.78 is 0. The standard InChI is InChI=1S/C16H11N5O/c1-11(13(8-17)9-18)12-2-4-14(5-3-12)21-16(22)15-10-19-6-7-20-15/h2-7,10H,1H3,(H,21,22). The average molecular weight is 289 g/mol. The summed E-state index contributed by atoms with van der Waals surface area (Å²) in [6, 6.07) is 10.6. The van der Waals surface area contributed by atoms with Gasteiger partial charge in [-0.3, -0.25) is 9.78 Å². The van der Waals surface area contributed by atoms with Crippen LogP contribution in [0.4, 0.5) is 5.69 Å². The molecule has 0 spiro atoms. The van der Waals surface area contributed by atoms with Crippen LogP contribution in [0.3, 0.4) is 0 Å². The number of rotatable bonds is 3. The summed E-state index contributed by atoms with van der Waals surface area (Å²) in [5.74, 6) is -0.358. The van der Waals surface area contributed by atoms with Gasteiger partial charge >= 0.3 is 0 Å². The highest BCUT2D eigenvalue weighted by Crippen LogP contribution is 2.20. The fourth-order valence-corrected chi connectivity index (χ4v) is 1.75. The summed E-state index contributed by atoms with van der Waals surface area (Å²) in [4.78, 5) is 19.7. The van der Waals surface area contributed by atoms with Gasteiger partial charge in [0.25, 0.3) is 5.91 Å².